The third kappa shape index (κ3) is 2.06. The molecule has 0 atom stereocenters. The summed E-state index contributed by atoms with van der Waals surface area (Å²) < 4.78 is 1.96. The molecule has 0 aliphatic carbocycles. The molecule has 3 nitrogen and oxygen atoms in total. The van der Waals surface area contributed by atoms with E-state index in [2.05, 4.69) is 24.0 Å². The fourth-order valence-corrected chi connectivity index (χ4v) is 1.86. The summed E-state index contributed by atoms with van der Waals surface area (Å²) in [5.74, 6) is 0.738. The van der Waals surface area contributed by atoms with Gasteiger partial charge < -0.3 is 4.57 Å². The Morgan fingerprint density at radius 3 is 2.69 bits per heavy atom. The predicted molar refractivity (Wildman–Crippen MR) is 65.9 cm³/mol. The van der Waals surface area contributed by atoms with Gasteiger partial charge in [0.2, 0.25) is 0 Å². The van der Waals surface area contributed by atoms with Gasteiger partial charge >= 0.3 is 0 Å². The highest BCUT2D eigenvalue weighted by atomic mass is 35.5. The van der Waals surface area contributed by atoms with Gasteiger partial charge in [-0.2, -0.15) is 0 Å². The molecule has 0 amide bonds. The maximum atomic E-state index is 6.12. The van der Waals surface area contributed by atoms with E-state index in [1.165, 1.54) is 0 Å². The molecule has 0 fully saturated rings. The second-order valence-electron chi connectivity index (χ2n) is 3.78. The van der Waals surface area contributed by atoms with Crippen LogP contribution in [0.15, 0.2) is 24.5 Å². The Kier molecular flexibility index (Phi) is 3.17. The topological polar surface area (TPSA) is 30.7 Å². The van der Waals surface area contributed by atoms with Crippen LogP contribution in [-0.2, 0) is 0 Å². The molecule has 0 saturated heterocycles. The number of hydrogen-bond acceptors (Lipinski definition) is 2. The van der Waals surface area contributed by atoms with Gasteiger partial charge in [-0.25, -0.2) is 0 Å². The quantitative estimate of drug-likeness (QED) is 0.817. The zero-order valence-corrected chi connectivity index (χ0v) is 10.5. The maximum absolute atomic E-state index is 6.12. The number of halogens is 2. The summed E-state index contributed by atoms with van der Waals surface area (Å²) >= 11 is 12.1. The van der Waals surface area contributed by atoms with Gasteiger partial charge in [0.05, 0.1) is 5.02 Å². The monoisotopic (exact) mass is 255 g/mol. The van der Waals surface area contributed by atoms with Crippen LogP contribution in [0, 0.1) is 0 Å². The molecular formula is C11H11Cl2N3. The molecule has 1 aromatic heterocycles. The van der Waals surface area contributed by atoms with Gasteiger partial charge in [0.1, 0.15) is 6.33 Å². The van der Waals surface area contributed by atoms with Gasteiger partial charge in [-0.1, -0.05) is 23.2 Å². The van der Waals surface area contributed by atoms with E-state index >= 15 is 0 Å². The van der Waals surface area contributed by atoms with Gasteiger partial charge in [0.25, 0.3) is 0 Å². The van der Waals surface area contributed by atoms with Crippen LogP contribution in [-0.4, -0.2) is 14.8 Å². The number of nitrogens with zero attached hydrogens (tertiary/aromatic N) is 3. The second kappa shape index (κ2) is 4.44. The summed E-state index contributed by atoms with van der Waals surface area (Å²) in [6.07, 6.45) is 1.69. The lowest BCUT2D eigenvalue weighted by atomic mass is 10.2. The van der Waals surface area contributed by atoms with Crippen LogP contribution >= 0.6 is 23.2 Å². The number of benzene rings is 1. The molecule has 5 heteroatoms. The molecule has 0 aliphatic heterocycles. The molecule has 2 aromatic rings. The zero-order chi connectivity index (χ0) is 11.7. The first kappa shape index (κ1) is 11.4. The Labute approximate surface area is 104 Å². The van der Waals surface area contributed by atoms with Crippen molar-refractivity contribution in [3.05, 3.63) is 34.6 Å². The Hall–Kier alpha value is -1.06. The summed E-state index contributed by atoms with van der Waals surface area (Å²) in [5, 5.41) is 9.24. The van der Waals surface area contributed by atoms with Gasteiger partial charge in [0, 0.05) is 16.6 Å². The van der Waals surface area contributed by atoms with E-state index in [1.54, 1.807) is 24.5 Å². The van der Waals surface area contributed by atoms with Crippen LogP contribution in [0.4, 0.5) is 0 Å². The Balaban J connectivity index is 2.58. The minimum atomic E-state index is 0.278. The van der Waals surface area contributed by atoms with Gasteiger partial charge in [-0.05, 0) is 32.0 Å². The second-order valence-corrected chi connectivity index (χ2v) is 4.62. The number of rotatable bonds is 2. The Morgan fingerprint density at radius 2 is 2.00 bits per heavy atom. The first-order valence-corrected chi connectivity index (χ1v) is 5.70. The van der Waals surface area contributed by atoms with Crippen LogP contribution in [0.1, 0.15) is 19.9 Å². The third-order valence-electron chi connectivity index (χ3n) is 2.30. The van der Waals surface area contributed by atoms with Crippen molar-refractivity contribution in [1.29, 1.82) is 0 Å². The van der Waals surface area contributed by atoms with Crippen molar-refractivity contribution in [2.45, 2.75) is 19.9 Å². The lowest BCUT2D eigenvalue weighted by Crippen LogP contribution is -2.02. The minimum Gasteiger partial charge on any atom is -0.311 e. The lowest BCUT2D eigenvalue weighted by Gasteiger charge is -2.11. The van der Waals surface area contributed by atoms with E-state index in [4.69, 9.17) is 23.2 Å². The molecular weight excluding hydrogens is 245 g/mol. The fourth-order valence-electron chi connectivity index (χ4n) is 1.48. The highest BCUT2D eigenvalue weighted by Crippen LogP contribution is 2.30. The summed E-state index contributed by atoms with van der Waals surface area (Å²) in [4.78, 5) is 0. The summed E-state index contributed by atoms with van der Waals surface area (Å²) in [6.45, 7) is 4.12. The lowest BCUT2D eigenvalue weighted by molar-refractivity contribution is 0.604. The van der Waals surface area contributed by atoms with Crippen molar-refractivity contribution < 1.29 is 0 Å². The summed E-state index contributed by atoms with van der Waals surface area (Å²) in [5.41, 5.74) is 0.806. The van der Waals surface area contributed by atoms with Gasteiger partial charge in [0.15, 0.2) is 5.82 Å². The average Bonchev–Trinajstić information content (AvgIpc) is 2.70. The standard InChI is InChI=1S/C11H11Cl2N3/c1-7(2)16-6-14-15-11(16)9-5-8(12)3-4-10(9)13/h3-7H,1-2H3. The molecule has 0 N–H and O–H groups in total. The normalized spacial score (nSPS) is 11.1. The van der Waals surface area contributed by atoms with Crippen molar-refractivity contribution in [3.8, 4) is 11.4 Å². The molecule has 0 saturated carbocycles. The number of aromatic nitrogens is 3. The van der Waals surface area contributed by atoms with Crippen molar-refractivity contribution in [2.24, 2.45) is 0 Å². The van der Waals surface area contributed by atoms with E-state index in [9.17, 15) is 0 Å². The molecule has 0 unspecified atom stereocenters. The molecule has 0 radical (unpaired) electrons. The summed E-state index contributed by atoms with van der Waals surface area (Å²) in [7, 11) is 0. The minimum absolute atomic E-state index is 0.278. The summed E-state index contributed by atoms with van der Waals surface area (Å²) in [6, 6.07) is 5.59. The predicted octanol–water partition coefficient (Wildman–Crippen LogP) is 3.83. The molecule has 1 heterocycles. The highest BCUT2D eigenvalue weighted by Gasteiger charge is 2.13. The molecule has 1 aromatic carbocycles. The van der Waals surface area contributed by atoms with Gasteiger partial charge in [-0.3, -0.25) is 0 Å². The van der Waals surface area contributed by atoms with Crippen molar-refractivity contribution in [2.75, 3.05) is 0 Å². The molecule has 84 valence electrons. The Morgan fingerprint density at radius 1 is 1.25 bits per heavy atom. The molecule has 0 bridgehead atoms. The van der Waals surface area contributed by atoms with Crippen LogP contribution in [0.3, 0.4) is 0 Å². The highest BCUT2D eigenvalue weighted by molar-refractivity contribution is 6.35. The van der Waals surface area contributed by atoms with Crippen LogP contribution in [0.5, 0.6) is 0 Å². The maximum Gasteiger partial charge on any atom is 0.165 e. The molecule has 2 rings (SSSR count). The largest absolute Gasteiger partial charge is 0.311 e. The fraction of sp³-hybridized carbons (Fsp3) is 0.273. The van der Waals surface area contributed by atoms with Crippen LogP contribution in [0.25, 0.3) is 11.4 Å². The smallest absolute Gasteiger partial charge is 0.165 e. The number of hydrogen-bond donors (Lipinski definition) is 0. The van der Waals surface area contributed by atoms with Crippen LogP contribution in [0.2, 0.25) is 10.0 Å². The van der Waals surface area contributed by atoms with E-state index < -0.39 is 0 Å². The molecule has 0 spiro atoms. The Bertz CT molecular complexity index is 506. The van der Waals surface area contributed by atoms with E-state index in [1.807, 2.05) is 4.57 Å². The first-order valence-electron chi connectivity index (χ1n) is 4.94. The third-order valence-corrected chi connectivity index (χ3v) is 2.86. The van der Waals surface area contributed by atoms with E-state index in [-0.39, 0.29) is 6.04 Å². The average molecular weight is 256 g/mol. The first-order chi connectivity index (χ1) is 7.59. The zero-order valence-electron chi connectivity index (χ0n) is 8.98. The molecule has 16 heavy (non-hydrogen) atoms. The van der Waals surface area contributed by atoms with E-state index in [0.29, 0.717) is 10.0 Å². The SMILES string of the molecule is CC(C)n1cnnc1-c1cc(Cl)ccc1Cl. The van der Waals surface area contributed by atoms with Crippen LogP contribution < -0.4 is 0 Å². The van der Waals surface area contributed by atoms with Crippen molar-refractivity contribution >= 4 is 23.2 Å². The van der Waals surface area contributed by atoms with E-state index in [0.717, 1.165) is 11.4 Å². The van der Waals surface area contributed by atoms with Crippen molar-refractivity contribution in [3.63, 3.8) is 0 Å². The van der Waals surface area contributed by atoms with Gasteiger partial charge in [-0.15, -0.1) is 10.2 Å². The molecule has 0 aliphatic rings. The van der Waals surface area contributed by atoms with Crippen molar-refractivity contribution in [1.82, 2.24) is 14.8 Å².